The molecule has 1 nitrogen and oxygen atoms in total. The molecule has 0 aromatic heterocycles. The SMILES string of the molecule is CC(C)CC(C)CC1(CN)CCC(C(C)C)CC1. The zero-order valence-electron chi connectivity index (χ0n) is 13.3. The predicted molar refractivity (Wildman–Crippen MR) is 81.5 cm³/mol. The molecule has 0 aliphatic heterocycles. The Morgan fingerprint density at radius 2 is 1.61 bits per heavy atom. The minimum atomic E-state index is 0.472. The van der Waals surface area contributed by atoms with E-state index in [9.17, 15) is 0 Å². The lowest BCUT2D eigenvalue weighted by Crippen LogP contribution is -2.37. The zero-order valence-corrected chi connectivity index (χ0v) is 13.3. The fraction of sp³-hybridized carbons (Fsp3) is 1.00. The van der Waals surface area contributed by atoms with Crippen molar-refractivity contribution in [3.63, 3.8) is 0 Å². The quantitative estimate of drug-likeness (QED) is 0.719. The van der Waals surface area contributed by atoms with Crippen molar-refractivity contribution in [3.8, 4) is 0 Å². The summed E-state index contributed by atoms with van der Waals surface area (Å²) in [6, 6.07) is 0. The maximum atomic E-state index is 6.14. The minimum absolute atomic E-state index is 0.472. The van der Waals surface area contributed by atoms with Gasteiger partial charge in [0, 0.05) is 0 Å². The first-order valence-corrected chi connectivity index (χ1v) is 8.08. The molecular weight excluding hydrogens is 218 g/mol. The highest BCUT2D eigenvalue weighted by atomic mass is 14.6. The Balaban J connectivity index is 2.50. The van der Waals surface area contributed by atoms with Gasteiger partial charge in [-0.05, 0) is 74.2 Å². The number of nitrogens with two attached hydrogens (primary N) is 1. The summed E-state index contributed by atoms with van der Waals surface area (Å²) in [6.45, 7) is 12.7. The van der Waals surface area contributed by atoms with Crippen molar-refractivity contribution in [2.45, 2.75) is 73.1 Å². The molecule has 0 bridgehead atoms. The highest BCUT2D eigenvalue weighted by molar-refractivity contribution is 4.88. The molecule has 1 rings (SSSR count). The summed E-state index contributed by atoms with van der Waals surface area (Å²) < 4.78 is 0. The molecule has 2 N–H and O–H groups in total. The van der Waals surface area contributed by atoms with E-state index in [1.54, 1.807) is 0 Å². The second kappa shape index (κ2) is 6.93. The maximum absolute atomic E-state index is 6.14. The predicted octanol–water partition coefficient (Wildman–Crippen LogP) is 4.85. The monoisotopic (exact) mass is 253 g/mol. The van der Waals surface area contributed by atoms with Gasteiger partial charge < -0.3 is 5.73 Å². The first-order chi connectivity index (χ1) is 8.38. The van der Waals surface area contributed by atoms with Crippen LogP contribution in [0, 0.1) is 29.1 Å². The van der Waals surface area contributed by atoms with Crippen LogP contribution in [0.5, 0.6) is 0 Å². The molecule has 0 amide bonds. The van der Waals surface area contributed by atoms with Crippen LogP contribution in [0.15, 0.2) is 0 Å². The van der Waals surface area contributed by atoms with E-state index >= 15 is 0 Å². The van der Waals surface area contributed by atoms with Gasteiger partial charge in [0.25, 0.3) is 0 Å². The van der Waals surface area contributed by atoms with Gasteiger partial charge in [-0.1, -0.05) is 34.6 Å². The molecule has 1 aliphatic rings. The molecule has 1 atom stereocenters. The van der Waals surface area contributed by atoms with Gasteiger partial charge in [0.05, 0.1) is 0 Å². The van der Waals surface area contributed by atoms with Crippen molar-refractivity contribution in [1.29, 1.82) is 0 Å². The second-order valence-electron chi connectivity index (χ2n) is 7.72. The van der Waals surface area contributed by atoms with Crippen LogP contribution < -0.4 is 5.73 Å². The van der Waals surface area contributed by atoms with Gasteiger partial charge in [0.15, 0.2) is 0 Å². The van der Waals surface area contributed by atoms with E-state index in [2.05, 4.69) is 34.6 Å². The van der Waals surface area contributed by atoms with E-state index in [0.717, 1.165) is 30.2 Å². The summed E-state index contributed by atoms with van der Waals surface area (Å²) in [5.74, 6) is 3.46. The third-order valence-electron chi connectivity index (χ3n) is 5.12. The van der Waals surface area contributed by atoms with Gasteiger partial charge in [-0.15, -0.1) is 0 Å². The van der Waals surface area contributed by atoms with Crippen molar-refractivity contribution in [2.75, 3.05) is 6.54 Å². The van der Waals surface area contributed by atoms with Crippen molar-refractivity contribution in [3.05, 3.63) is 0 Å². The Morgan fingerprint density at radius 3 is 2.00 bits per heavy atom. The summed E-state index contributed by atoms with van der Waals surface area (Å²) in [6.07, 6.45) is 8.26. The van der Waals surface area contributed by atoms with Gasteiger partial charge in [0.2, 0.25) is 0 Å². The fourth-order valence-corrected chi connectivity index (χ4v) is 4.04. The van der Waals surface area contributed by atoms with Crippen LogP contribution in [-0.4, -0.2) is 6.54 Å². The van der Waals surface area contributed by atoms with Crippen molar-refractivity contribution < 1.29 is 0 Å². The van der Waals surface area contributed by atoms with Crippen molar-refractivity contribution >= 4 is 0 Å². The van der Waals surface area contributed by atoms with E-state index < -0.39 is 0 Å². The molecule has 0 spiro atoms. The maximum Gasteiger partial charge on any atom is -0.00204 e. The van der Waals surface area contributed by atoms with Crippen LogP contribution in [0.2, 0.25) is 0 Å². The van der Waals surface area contributed by atoms with E-state index in [1.807, 2.05) is 0 Å². The van der Waals surface area contributed by atoms with Crippen LogP contribution in [0.1, 0.15) is 73.1 Å². The lowest BCUT2D eigenvalue weighted by Gasteiger charge is -2.42. The Labute approximate surface area is 115 Å². The normalized spacial score (nSPS) is 31.0. The molecule has 0 radical (unpaired) electrons. The number of rotatable bonds is 6. The van der Waals surface area contributed by atoms with Crippen molar-refractivity contribution in [1.82, 2.24) is 0 Å². The van der Waals surface area contributed by atoms with Crippen molar-refractivity contribution in [2.24, 2.45) is 34.8 Å². The molecule has 18 heavy (non-hydrogen) atoms. The molecule has 0 saturated heterocycles. The Bertz CT molecular complexity index is 224. The molecule has 1 unspecified atom stereocenters. The van der Waals surface area contributed by atoms with Crippen LogP contribution in [0.3, 0.4) is 0 Å². The number of hydrogen-bond donors (Lipinski definition) is 1. The smallest absolute Gasteiger partial charge is 0.00204 e. The summed E-state index contributed by atoms with van der Waals surface area (Å²) in [5.41, 5.74) is 6.61. The average Bonchev–Trinajstić information content (AvgIpc) is 2.28. The van der Waals surface area contributed by atoms with Crippen LogP contribution in [0.4, 0.5) is 0 Å². The lowest BCUT2D eigenvalue weighted by molar-refractivity contribution is 0.102. The van der Waals surface area contributed by atoms with Crippen LogP contribution in [0.25, 0.3) is 0 Å². The average molecular weight is 253 g/mol. The van der Waals surface area contributed by atoms with Gasteiger partial charge in [0.1, 0.15) is 0 Å². The molecule has 1 saturated carbocycles. The van der Waals surface area contributed by atoms with Crippen LogP contribution in [-0.2, 0) is 0 Å². The summed E-state index contributed by atoms with van der Waals surface area (Å²) >= 11 is 0. The van der Waals surface area contributed by atoms with E-state index in [0.29, 0.717) is 5.41 Å². The summed E-state index contributed by atoms with van der Waals surface area (Å²) in [5, 5.41) is 0. The Hall–Kier alpha value is -0.0400. The number of hydrogen-bond acceptors (Lipinski definition) is 1. The van der Waals surface area contributed by atoms with Gasteiger partial charge in [-0.25, -0.2) is 0 Å². The topological polar surface area (TPSA) is 26.0 Å². The van der Waals surface area contributed by atoms with Crippen LogP contribution >= 0.6 is 0 Å². The standard InChI is InChI=1S/C17H35N/c1-13(2)10-15(5)11-17(12-18)8-6-16(7-9-17)14(3)4/h13-16H,6-12,18H2,1-5H3. The largest absolute Gasteiger partial charge is 0.330 e. The lowest BCUT2D eigenvalue weighted by atomic mass is 9.64. The molecule has 0 aromatic rings. The molecule has 0 heterocycles. The van der Waals surface area contributed by atoms with E-state index in [1.165, 1.54) is 38.5 Å². The molecular formula is C17H35N. The first kappa shape index (κ1) is 16.0. The van der Waals surface area contributed by atoms with E-state index in [4.69, 9.17) is 5.73 Å². The molecule has 0 aromatic carbocycles. The Morgan fingerprint density at radius 1 is 1.06 bits per heavy atom. The molecule has 1 heteroatoms. The summed E-state index contributed by atoms with van der Waals surface area (Å²) in [7, 11) is 0. The molecule has 1 fully saturated rings. The minimum Gasteiger partial charge on any atom is -0.330 e. The molecule has 1 aliphatic carbocycles. The second-order valence-corrected chi connectivity index (χ2v) is 7.72. The Kier molecular flexibility index (Phi) is 6.17. The first-order valence-electron chi connectivity index (χ1n) is 8.08. The van der Waals surface area contributed by atoms with E-state index in [-0.39, 0.29) is 0 Å². The van der Waals surface area contributed by atoms with Gasteiger partial charge in [-0.3, -0.25) is 0 Å². The molecule has 108 valence electrons. The summed E-state index contributed by atoms with van der Waals surface area (Å²) in [4.78, 5) is 0. The van der Waals surface area contributed by atoms with Gasteiger partial charge >= 0.3 is 0 Å². The third-order valence-corrected chi connectivity index (χ3v) is 5.12. The highest BCUT2D eigenvalue weighted by Gasteiger charge is 2.35. The zero-order chi connectivity index (χ0) is 13.8. The highest BCUT2D eigenvalue weighted by Crippen LogP contribution is 2.45. The third kappa shape index (κ3) is 4.57. The fourth-order valence-electron chi connectivity index (χ4n) is 4.04. The van der Waals surface area contributed by atoms with Gasteiger partial charge in [-0.2, -0.15) is 0 Å².